The van der Waals surface area contributed by atoms with Crippen molar-refractivity contribution >= 4 is 35.3 Å². The quantitative estimate of drug-likeness (QED) is 0.484. The molecule has 3 aromatic carbocycles. The Bertz CT molecular complexity index is 1820. The molecule has 0 amide bonds. The molecule has 1 saturated heterocycles. The van der Waals surface area contributed by atoms with Crippen molar-refractivity contribution in [1.29, 1.82) is 0 Å². The predicted molar refractivity (Wildman–Crippen MR) is 161 cm³/mol. The lowest BCUT2D eigenvalue weighted by Gasteiger charge is -2.34. The molecule has 2 aliphatic carbocycles. The third-order valence-corrected chi connectivity index (χ3v) is 8.75. The fourth-order valence-electron chi connectivity index (χ4n) is 6.73. The summed E-state index contributed by atoms with van der Waals surface area (Å²) in [6.07, 6.45) is 16.8. The number of carbonyl (C=O) groups excluding carboxylic acids is 1. The maximum atomic E-state index is 13.2. The molecule has 5 nitrogen and oxygen atoms in total. The Kier molecular flexibility index (Phi) is 5.61. The first-order valence-corrected chi connectivity index (χ1v) is 14.2. The van der Waals surface area contributed by atoms with Gasteiger partial charge in [0, 0.05) is 47.1 Å². The molecule has 1 fully saturated rings. The second-order valence-electron chi connectivity index (χ2n) is 11.0. The van der Waals surface area contributed by atoms with Crippen LogP contribution < -0.4 is 24.8 Å². The zero-order valence-electron chi connectivity index (χ0n) is 22.6. The Morgan fingerprint density at radius 1 is 0.854 bits per heavy atom. The molecule has 3 heterocycles. The van der Waals surface area contributed by atoms with E-state index in [1.54, 1.807) is 6.26 Å². The third-order valence-electron chi connectivity index (χ3n) is 8.75. The monoisotopic (exact) mass is 539 g/mol. The van der Waals surface area contributed by atoms with Crippen LogP contribution in [-0.2, 0) is 14.9 Å². The van der Waals surface area contributed by atoms with E-state index in [0.717, 1.165) is 64.8 Å². The molecule has 41 heavy (non-hydrogen) atoms. The summed E-state index contributed by atoms with van der Waals surface area (Å²) in [5.41, 5.74) is 6.47. The number of fused-ring (bicyclic) bond motifs is 7. The van der Waals surface area contributed by atoms with Crippen molar-refractivity contribution < 1.29 is 19.0 Å². The minimum absolute atomic E-state index is 0.107. The number of benzene rings is 3. The summed E-state index contributed by atoms with van der Waals surface area (Å²) in [5.74, 6) is 1.52. The van der Waals surface area contributed by atoms with Gasteiger partial charge in [-0.15, -0.1) is 0 Å². The molecule has 0 spiro atoms. The van der Waals surface area contributed by atoms with E-state index >= 15 is 0 Å². The molecular formula is C36H29NO4. The van der Waals surface area contributed by atoms with E-state index in [1.807, 2.05) is 18.2 Å². The van der Waals surface area contributed by atoms with Crippen LogP contribution >= 0.6 is 0 Å². The van der Waals surface area contributed by atoms with Crippen molar-refractivity contribution in [3.63, 3.8) is 0 Å². The van der Waals surface area contributed by atoms with E-state index in [1.165, 1.54) is 16.8 Å². The highest BCUT2D eigenvalue weighted by atomic mass is 16.5. The van der Waals surface area contributed by atoms with Crippen LogP contribution in [0.25, 0.3) is 23.8 Å². The van der Waals surface area contributed by atoms with Gasteiger partial charge in [0.25, 0.3) is 0 Å². The van der Waals surface area contributed by atoms with Gasteiger partial charge in [-0.3, -0.25) is 4.79 Å². The minimum atomic E-state index is -0.503. The van der Waals surface area contributed by atoms with Crippen molar-refractivity contribution in [2.75, 3.05) is 37.8 Å². The van der Waals surface area contributed by atoms with Crippen LogP contribution in [0.3, 0.4) is 0 Å². The normalized spacial score (nSPS) is 22.0. The molecule has 5 heteroatoms. The number of Topliss-reactive ketones (excluding diaryl/α,β-unsaturated/α-hetero) is 1. The van der Waals surface area contributed by atoms with Gasteiger partial charge in [0.15, 0.2) is 5.78 Å². The highest BCUT2D eigenvalue weighted by molar-refractivity contribution is 6.25. The van der Waals surface area contributed by atoms with Crippen molar-refractivity contribution in [3.8, 4) is 11.5 Å². The molecule has 0 N–H and O–H groups in total. The van der Waals surface area contributed by atoms with Crippen LogP contribution in [0.5, 0.6) is 11.5 Å². The molecule has 0 aromatic heterocycles. The molecule has 1 unspecified atom stereocenters. The van der Waals surface area contributed by atoms with E-state index in [4.69, 9.17) is 14.2 Å². The van der Waals surface area contributed by atoms with Gasteiger partial charge in [0.1, 0.15) is 18.1 Å². The fourth-order valence-corrected chi connectivity index (χ4v) is 6.73. The van der Waals surface area contributed by atoms with E-state index in [9.17, 15) is 4.79 Å². The van der Waals surface area contributed by atoms with Gasteiger partial charge in [0.2, 0.25) is 0 Å². The van der Waals surface area contributed by atoms with Gasteiger partial charge in [-0.1, -0.05) is 72.8 Å². The summed E-state index contributed by atoms with van der Waals surface area (Å²) in [4.78, 5) is 15.6. The van der Waals surface area contributed by atoms with Gasteiger partial charge >= 0.3 is 0 Å². The van der Waals surface area contributed by atoms with Crippen LogP contribution in [0.4, 0.5) is 5.69 Å². The van der Waals surface area contributed by atoms with E-state index in [2.05, 4.69) is 83.8 Å². The van der Waals surface area contributed by atoms with Gasteiger partial charge < -0.3 is 19.1 Å². The van der Waals surface area contributed by atoms with Crippen LogP contribution in [0.1, 0.15) is 28.7 Å². The van der Waals surface area contributed by atoms with E-state index < -0.39 is 5.41 Å². The first kappa shape index (κ1) is 24.2. The lowest BCUT2D eigenvalue weighted by Crippen LogP contribution is -2.39. The van der Waals surface area contributed by atoms with Crippen molar-refractivity contribution in [2.45, 2.75) is 11.8 Å². The fraction of sp³-hybridized carbons (Fsp3) is 0.194. The number of carbonyl (C=O) groups is 1. The molecule has 3 aromatic rings. The van der Waals surface area contributed by atoms with Gasteiger partial charge in [-0.2, -0.15) is 0 Å². The largest absolute Gasteiger partial charge is 0.487 e. The van der Waals surface area contributed by atoms with Gasteiger partial charge in [-0.05, 0) is 40.6 Å². The number of ketones is 1. The topological polar surface area (TPSA) is 48.0 Å². The molecular weight excluding hydrogens is 510 g/mol. The number of hydrogen-bond donors (Lipinski definition) is 0. The van der Waals surface area contributed by atoms with Crippen molar-refractivity contribution in [1.82, 2.24) is 0 Å². The second-order valence-corrected chi connectivity index (χ2v) is 11.0. The first-order valence-electron chi connectivity index (χ1n) is 14.2. The van der Waals surface area contributed by atoms with Gasteiger partial charge in [-0.25, -0.2) is 0 Å². The Hall–Kier alpha value is -4.61. The maximum absolute atomic E-state index is 13.2. The number of ether oxygens (including phenoxy) is 3. The maximum Gasteiger partial charge on any atom is 0.167 e. The lowest BCUT2D eigenvalue weighted by molar-refractivity contribution is -0.113. The summed E-state index contributed by atoms with van der Waals surface area (Å²) in [6.45, 7) is 3.69. The number of hydrogen-bond acceptors (Lipinski definition) is 5. The molecule has 5 aliphatic rings. The molecule has 0 bridgehead atoms. The molecule has 0 radical (unpaired) electrons. The van der Waals surface area contributed by atoms with Crippen LogP contribution in [0.2, 0.25) is 0 Å². The number of morpholine rings is 1. The molecule has 202 valence electrons. The summed E-state index contributed by atoms with van der Waals surface area (Å²) in [5, 5.41) is 2.02. The Morgan fingerprint density at radius 2 is 1.66 bits per heavy atom. The summed E-state index contributed by atoms with van der Waals surface area (Å²) in [6, 6.07) is 19.6. The number of nitrogens with zero attached hydrogens (tertiary/aromatic N) is 1. The molecule has 3 aliphatic heterocycles. The summed E-state index contributed by atoms with van der Waals surface area (Å²) >= 11 is 0. The van der Waals surface area contributed by atoms with Crippen LogP contribution in [0, 0.1) is 0 Å². The average Bonchev–Trinajstić information content (AvgIpc) is 3.05. The minimum Gasteiger partial charge on any atom is -0.487 e. The zero-order chi connectivity index (χ0) is 27.4. The lowest BCUT2D eigenvalue weighted by atomic mass is 9.70. The zero-order valence-corrected chi connectivity index (χ0v) is 22.6. The average molecular weight is 540 g/mol. The molecule has 0 saturated carbocycles. The molecule has 8 rings (SSSR count). The number of anilines is 1. The highest BCUT2D eigenvalue weighted by Gasteiger charge is 2.36. The van der Waals surface area contributed by atoms with Crippen molar-refractivity contribution in [3.05, 3.63) is 123 Å². The van der Waals surface area contributed by atoms with Gasteiger partial charge in [0.05, 0.1) is 30.5 Å². The second kappa shape index (κ2) is 9.50. The van der Waals surface area contributed by atoms with E-state index in [-0.39, 0.29) is 5.78 Å². The Balaban J connectivity index is 1.37. The summed E-state index contributed by atoms with van der Waals surface area (Å²) in [7, 11) is 0. The first-order chi connectivity index (χ1) is 20.2. The smallest absolute Gasteiger partial charge is 0.167 e. The van der Waals surface area contributed by atoms with Crippen molar-refractivity contribution in [2.24, 2.45) is 0 Å². The van der Waals surface area contributed by atoms with Crippen LogP contribution in [-0.4, -0.2) is 38.7 Å². The highest BCUT2D eigenvalue weighted by Crippen LogP contribution is 2.45. The third kappa shape index (κ3) is 3.76. The number of allylic oxidation sites excluding steroid dienone is 4. The molecule has 1 atom stereocenters. The predicted octanol–water partition coefficient (Wildman–Crippen LogP) is 4.68. The Labute approximate surface area is 238 Å². The van der Waals surface area contributed by atoms with Crippen LogP contribution in [0.15, 0.2) is 90.7 Å². The SMILES string of the molecule is O=C1CC=CC2=C1c1c(c3c(c4c1OC=CC=4)=CC(c1ccccc1)(c1ccc(N4CCOCC4)cc1)C=C3)OC2. The Morgan fingerprint density at radius 3 is 2.49 bits per heavy atom. The summed E-state index contributed by atoms with van der Waals surface area (Å²) < 4.78 is 18.1. The standard InChI is InChI=1S/C36H29NO4/c38-31-10-4-6-24-23-41-35-29-15-16-36(25-7-2-1-3-8-25,26-11-13-27(14-12-26)37-17-20-39-21-18-37)22-30(29)28-9-5-19-40-34(28)33(35)32(24)31/h1-9,11-16,19,22H,10,17-18,20-21,23H2. The van der Waals surface area contributed by atoms with E-state index in [0.29, 0.717) is 18.8 Å². The number of rotatable bonds is 3.